The second-order valence-corrected chi connectivity index (χ2v) is 2.14. The highest BCUT2D eigenvalue weighted by Crippen LogP contribution is 1.75. The Morgan fingerprint density at radius 3 is 2.73 bits per heavy atom. The molecule has 5 nitrogen and oxygen atoms in total. The minimum Gasteiger partial charge on any atom is -0.394 e. The zero-order valence-corrected chi connectivity index (χ0v) is 6.50. The Bertz CT molecular complexity index is 118. The van der Waals surface area contributed by atoms with E-state index in [4.69, 9.17) is 10.2 Å². The van der Waals surface area contributed by atoms with Crippen molar-refractivity contribution in [1.29, 1.82) is 0 Å². The molecule has 1 atom stereocenters. The lowest BCUT2D eigenvalue weighted by molar-refractivity contribution is -0.119. The van der Waals surface area contributed by atoms with Gasteiger partial charge in [-0.15, -0.1) is 0 Å². The highest BCUT2D eigenvalue weighted by Gasteiger charge is 2.01. The standard InChI is InChI=1S/C6H14N2O3/c1-7-6(11)3-8-2-5(10)4-9/h5,8-10H,2-4H2,1H3,(H,7,11). The van der Waals surface area contributed by atoms with Gasteiger partial charge in [0.1, 0.15) is 0 Å². The Morgan fingerprint density at radius 2 is 2.27 bits per heavy atom. The molecule has 0 aromatic rings. The first kappa shape index (κ1) is 10.3. The molecule has 0 aliphatic carbocycles. The largest absolute Gasteiger partial charge is 0.394 e. The molecule has 0 saturated heterocycles. The third-order valence-electron chi connectivity index (χ3n) is 1.16. The quantitative estimate of drug-likeness (QED) is 0.365. The second-order valence-electron chi connectivity index (χ2n) is 2.14. The first-order valence-electron chi connectivity index (χ1n) is 3.41. The van der Waals surface area contributed by atoms with E-state index in [1.165, 1.54) is 7.05 Å². The Hall–Kier alpha value is -0.650. The molecule has 11 heavy (non-hydrogen) atoms. The molecule has 0 radical (unpaired) electrons. The highest BCUT2D eigenvalue weighted by molar-refractivity contribution is 5.77. The molecular weight excluding hydrogens is 148 g/mol. The predicted molar refractivity (Wildman–Crippen MR) is 40.0 cm³/mol. The van der Waals surface area contributed by atoms with Gasteiger partial charge in [-0.05, 0) is 0 Å². The first-order chi connectivity index (χ1) is 5.20. The molecule has 4 N–H and O–H groups in total. The number of rotatable bonds is 5. The van der Waals surface area contributed by atoms with Gasteiger partial charge in [0.15, 0.2) is 0 Å². The summed E-state index contributed by atoms with van der Waals surface area (Å²) in [5.74, 6) is -0.143. The molecule has 0 aliphatic rings. The van der Waals surface area contributed by atoms with Gasteiger partial charge in [0.25, 0.3) is 0 Å². The van der Waals surface area contributed by atoms with E-state index in [1.807, 2.05) is 0 Å². The fourth-order valence-electron chi connectivity index (χ4n) is 0.505. The minimum atomic E-state index is -0.792. The number of likely N-dealkylation sites (N-methyl/N-ethyl adjacent to an activating group) is 1. The number of aliphatic hydroxyl groups excluding tert-OH is 2. The van der Waals surface area contributed by atoms with Crippen molar-refractivity contribution in [2.24, 2.45) is 0 Å². The molecule has 1 amide bonds. The molecule has 0 bridgehead atoms. The lowest BCUT2D eigenvalue weighted by Crippen LogP contribution is -2.36. The lowest BCUT2D eigenvalue weighted by atomic mass is 10.4. The molecule has 0 fully saturated rings. The van der Waals surface area contributed by atoms with Crippen molar-refractivity contribution in [2.75, 3.05) is 26.7 Å². The van der Waals surface area contributed by atoms with Crippen LogP contribution in [0.4, 0.5) is 0 Å². The van der Waals surface area contributed by atoms with E-state index < -0.39 is 6.10 Å². The molecule has 0 aliphatic heterocycles. The maximum atomic E-state index is 10.6. The maximum Gasteiger partial charge on any atom is 0.233 e. The molecule has 0 aromatic heterocycles. The van der Waals surface area contributed by atoms with Crippen molar-refractivity contribution in [1.82, 2.24) is 10.6 Å². The highest BCUT2D eigenvalue weighted by atomic mass is 16.3. The van der Waals surface area contributed by atoms with Crippen LogP contribution < -0.4 is 10.6 Å². The van der Waals surface area contributed by atoms with E-state index in [0.29, 0.717) is 0 Å². The number of carbonyl (C=O) groups excluding carboxylic acids is 1. The average Bonchev–Trinajstić information content (AvgIpc) is 2.04. The summed E-state index contributed by atoms with van der Waals surface area (Å²) in [6.07, 6.45) is -0.792. The van der Waals surface area contributed by atoms with Crippen LogP contribution >= 0.6 is 0 Å². The first-order valence-corrected chi connectivity index (χ1v) is 3.41. The average molecular weight is 162 g/mol. The van der Waals surface area contributed by atoms with E-state index in [-0.39, 0.29) is 25.6 Å². The fourth-order valence-corrected chi connectivity index (χ4v) is 0.505. The van der Waals surface area contributed by atoms with Gasteiger partial charge in [0.05, 0.1) is 19.3 Å². The number of nitrogens with one attached hydrogen (secondary N) is 2. The summed E-state index contributed by atoms with van der Waals surface area (Å²) in [6, 6.07) is 0. The van der Waals surface area contributed by atoms with Gasteiger partial charge in [-0.3, -0.25) is 4.79 Å². The Labute approximate surface area is 65.4 Å². The van der Waals surface area contributed by atoms with Crippen molar-refractivity contribution in [3.05, 3.63) is 0 Å². The van der Waals surface area contributed by atoms with Crippen molar-refractivity contribution < 1.29 is 15.0 Å². The van der Waals surface area contributed by atoms with Crippen LogP contribution in [0.2, 0.25) is 0 Å². The molecule has 66 valence electrons. The number of hydrogen-bond acceptors (Lipinski definition) is 4. The van der Waals surface area contributed by atoms with Gasteiger partial charge in [0.2, 0.25) is 5.91 Å². The van der Waals surface area contributed by atoms with Crippen LogP contribution in [0.3, 0.4) is 0 Å². The third kappa shape index (κ3) is 5.78. The van der Waals surface area contributed by atoms with Crippen molar-refractivity contribution in [2.45, 2.75) is 6.10 Å². The van der Waals surface area contributed by atoms with Gasteiger partial charge in [-0.25, -0.2) is 0 Å². The zero-order chi connectivity index (χ0) is 8.69. The number of carbonyl (C=O) groups is 1. The zero-order valence-electron chi connectivity index (χ0n) is 6.50. The van der Waals surface area contributed by atoms with Crippen LogP contribution in [0.25, 0.3) is 0 Å². The topological polar surface area (TPSA) is 81.6 Å². The third-order valence-corrected chi connectivity index (χ3v) is 1.16. The normalized spacial score (nSPS) is 12.6. The minimum absolute atomic E-state index is 0.143. The smallest absolute Gasteiger partial charge is 0.233 e. The maximum absolute atomic E-state index is 10.6. The van der Waals surface area contributed by atoms with E-state index in [0.717, 1.165) is 0 Å². The molecule has 0 spiro atoms. The Kier molecular flexibility index (Phi) is 5.73. The Morgan fingerprint density at radius 1 is 1.64 bits per heavy atom. The predicted octanol–water partition coefficient (Wildman–Crippen LogP) is -2.32. The van der Waals surface area contributed by atoms with E-state index in [9.17, 15) is 4.79 Å². The molecule has 0 saturated carbocycles. The molecular formula is C6H14N2O3. The number of aliphatic hydroxyl groups is 2. The van der Waals surface area contributed by atoms with Crippen LogP contribution in [-0.2, 0) is 4.79 Å². The van der Waals surface area contributed by atoms with Crippen molar-refractivity contribution >= 4 is 5.91 Å². The number of hydrogen-bond donors (Lipinski definition) is 4. The Balaban J connectivity index is 3.20. The second kappa shape index (κ2) is 6.09. The van der Waals surface area contributed by atoms with Crippen LogP contribution in [0.1, 0.15) is 0 Å². The van der Waals surface area contributed by atoms with Crippen LogP contribution in [0, 0.1) is 0 Å². The summed E-state index contributed by atoms with van der Waals surface area (Å²) < 4.78 is 0. The van der Waals surface area contributed by atoms with Gasteiger partial charge < -0.3 is 20.8 Å². The van der Waals surface area contributed by atoms with E-state index in [2.05, 4.69) is 10.6 Å². The van der Waals surface area contributed by atoms with Gasteiger partial charge in [-0.2, -0.15) is 0 Å². The van der Waals surface area contributed by atoms with Crippen molar-refractivity contribution in [3.63, 3.8) is 0 Å². The summed E-state index contributed by atoms with van der Waals surface area (Å²) in [6.45, 7) is 0.0955. The van der Waals surface area contributed by atoms with Crippen LogP contribution in [-0.4, -0.2) is 49.0 Å². The van der Waals surface area contributed by atoms with Gasteiger partial charge in [0, 0.05) is 13.6 Å². The number of amides is 1. The summed E-state index contributed by atoms with van der Waals surface area (Å²) in [4.78, 5) is 10.6. The summed E-state index contributed by atoms with van der Waals surface area (Å²) in [5.41, 5.74) is 0. The SMILES string of the molecule is CNC(=O)CNCC(O)CO. The van der Waals surface area contributed by atoms with Crippen LogP contribution in [0.5, 0.6) is 0 Å². The monoisotopic (exact) mass is 162 g/mol. The molecule has 5 heteroatoms. The molecule has 0 rings (SSSR count). The summed E-state index contributed by atoms with van der Waals surface area (Å²) in [7, 11) is 1.53. The fraction of sp³-hybridized carbons (Fsp3) is 0.833. The van der Waals surface area contributed by atoms with E-state index in [1.54, 1.807) is 0 Å². The summed E-state index contributed by atoms with van der Waals surface area (Å²) >= 11 is 0. The molecule has 1 unspecified atom stereocenters. The molecule has 0 heterocycles. The summed E-state index contributed by atoms with van der Waals surface area (Å²) in [5, 5.41) is 22.2. The van der Waals surface area contributed by atoms with Crippen molar-refractivity contribution in [3.8, 4) is 0 Å². The molecule has 0 aromatic carbocycles. The van der Waals surface area contributed by atoms with Gasteiger partial charge in [-0.1, -0.05) is 0 Å². The van der Waals surface area contributed by atoms with E-state index >= 15 is 0 Å². The van der Waals surface area contributed by atoms with Crippen LogP contribution in [0.15, 0.2) is 0 Å². The lowest BCUT2D eigenvalue weighted by Gasteiger charge is -2.07. The van der Waals surface area contributed by atoms with Gasteiger partial charge >= 0.3 is 0 Å².